The summed E-state index contributed by atoms with van der Waals surface area (Å²) in [5, 5.41) is 2.75. The Kier molecular flexibility index (Phi) is 8.56. The lowest BCUT2D eigenvalue weighted by atomic mass is 9.93. The lowest BCUT2D eigenvalue weighted by molar-refractivity contribution is 0.256. The average Bonchev–Trinajstić information content (AvgIpc) is 2.51. The number of unbranched alkanes of at least 4 members (excludes halogenated alkanes) is 1. The first-order valence-corrected chi connectivity index (χ1v) is 10.8. The van der Waals surface area contributed by atoms with E-state index >= 15 is 0 Å². The summed E-state index contributed by atoms with van der Waals surface area (Å²) in [4.78, 5) is 12.3. The molecule has 6 nitrogen and oxygen atoms in total. The molecule has 2 amide bonds. The van der Waals surface area contributed by atoms with Gasteiger partial charge in [0.15, 0.2) is 0 Å². The van der Waals surface area contributed by atoms with Crippen molar-refractivity contribution in [2.75, 3.05) is 5.32 Å². The van der Waals surface area contributed by atoms with Crippen LogP contribution < -0.4 is 14.8 Å². The summed E-state index contributed by atoms with van der Waals surface area (Å²) in [7, 11) is -3.91. The predicted molar refractivity (Wildman–Crippen MR) is 108 cm³/mol. The van der Waals surface area contributed by atoms with Gasteiger partial charge in [0.05, 0.1) is 0 Å². The fraction of sp³-hybridized carbons (Fsp3) is 0.632. The molecule has 1 atom stereocenters. The van der Waals surface area contributed by atoms with Gasteiger partial charge in [-0.15, -0.1) is 0 Å². The Morgan fingerprint density at radius 3 is 2.04 bits per heavy atom. The van der Waals surface area contributed by atoms with E-state index in [1.165, 1.54) is 0 Å². The van der Waals surface area contributed by atoms with Crippen molar-refractivity contribution < 1.29 is 13.2 Å². The van der Waals surface area contributed by atoms with E-state index in [0.717, 1.165) is 30.4 Å². The molecule has 0 heterocycles. The number of benzene rings is 1. The van der Waals surface area contributed by atoms with Crippen LogP contribution in [0.15, 0.2) is 18.2 Å². The zero-order valence-electron chi connectivity index (χ0n) is 16.7. The lowest BCUT2D eigenvalue weighted by Crippen LogP contribution is -2.45. The highest BCUT2D eigenvalue weighted by atomic mass is 32.2. The van der Waals surface area contributed by atoms with Gasteiger partial charge in [0.2, 0.25) is 0 Å². The van der Waals surface area contributed by atoms with Crippen molar-refractivity contribution in [1.29, 1.82) is 0 Å². The highest BCUT2D eigenvalue weighted by Gasteiger charge is 2.20. The van der Waals surface area contributed by atoms with Gasteiger partial charge in [0, 0.05) is 11.7 Å². The maximum atomic E-state index is 12.3. The Bertz CT molecular complexity index is 674. The second kappa shape index (κ2) is 9.92. The second-order valence-electron chi connectivity index (χ2n) is 7.34. The number of nitrogens with one attached hydrogen (secondary N) is 3. The van der Waals surface area contributed by atoms with Gasteiger partial charge in [-0.2, -0.15) is 13.1 Å². The predicted octanol–water partition coefficient (Wildman–Crippen LogP) is 4.47. The van der Waals surface area contributed by atoms with Crippen LogP contribution in [0.3, 0.4) is 0 Å². The van der Waals surface area contributed by atoms with Gasteiger partial charge in [0.1, 0.15) is 0 Å². The first-order chi connectivity index (χ1) is 12.1. The van der Waals surface area contributed by atoms with Crippen molar-refractivity contribution in [3.8, 4) is 0 Å². The van der Waals surface area contributed by atoms with Gasteiger partial charge >= 0.3 is 16.2 Å². The molecule has 0 saturated carbocycles. The molecule has 0 aliphatic rings. The Hall–Kier alpha value is -1.60. The number of hydrogen-bond donors (Lipinski definition) is 3. The summed E-state index contributed by atoms with van der Waals surface area (Å²) in [5.74, 6) is 0.403. The quantitative estimate of drug-likeness (QED) is 0.588. The minimum absolute atomic E-state index is 0.202. The third-order valence-corrected chi connectivity index (χ3v) is 5.35. The molecule has 1 rings (SSSR count). The van der Waals surface area contributed by atoms with Gasteiger partial charge < -0.3 is 5.32 Å². The molecule has 0 saturated heterocycles. The number of amides is 2. The Morgan fingerprint density at radius 2 is 1.58 bits per heavy atom. The number of anilines is 1. The number of carbonyl (C=O) groups excluding carboxylic acids is 1. The fourth-order valence-corrected chi connectivity index (χ4v) is 3.82. The molecule has 0 aromatic heterocycles. The monoisotopic (exact) mass is 383 g/mol. The van der Waals surface area contributed by atoms with Crippen molar-refractivity contribution in [3.63, 3.8) is 0 Å². The molecular formula is C19H33N3O3S. The summed E-state index contributed by atoms with van der Waals surface area (Å²) in [6, 6.07) is 4.88. The zero-order valence-corrected chi connectivity index (χ0v) is 17.5. The highest BCUT2D eigenvalue weighted by Crippen LogP contribution is 2.32. The Labute approximate surface area is 158 Å². The van der Waals surface area contributed by atoms with E-state index in [2.05, 4.69) is 14.8 Å². The zero-order chi connectivity index (χ0) is 19.9. The van der Waals surface area contributed by atoms with Crippen molar-refractivity contribution in [2.24, 2.45) is 0 Å². The molecule has 1 unspecified atom stereocenters. The van der Waals surface area contributed by atoms with Crippen LogP contribution in [0.2, 0.25) is 0 Å². The molecule has 1 aromatic carbocycles. The number of para-hydroxylation sites is 1. The molecule has 0 spiro atoms. The number of rotatable bonds is 9. The minimum Gasteiger partial charge on any atom is -0.307 e. The van der Waals surface area contributed by atoms with Crippen LogP contribution >= 0.6 is 0 Å². The van der Waals surface area contributed by atoms with E-state index in [4.69, 9.17) is 0 Å². The highest BCUT2D eigenvalue weighted by molar-refractivity contribution is 7.88. The summed E-state index contributed by atoms with van der Waals surface area (Å²) in [6.07, 6.45) is 2.64. The van der Waals surface area contributed by atoms with E-state index in [1.54, 1.807) is 6.92 Å². The van der Waals surface area contributed by atoms with E-state index in [0.29, 0.717) is 5.69 Å². The summed E-state index contributed by atoms with van der Waals surface area (Å²) < 4.78 is 28.9. The topological polar surface area (TPSA) is 87.3 Å². The average molecular weight is 384 g/mol. The molecule has 148 valence electrons. The van der Waals surface area contributed by atoms with Gasteiger partial charge in [-0.05, 0) is 36.3 Å². The van der Waals surface area contributed by atoms with Crippen molar-refractivity contribution in [2.45, 2.75) is 78.7 Å². The third-order valence-electron chi connectivity index (χ3n) is 4.19. The van der Waals surface area contributed by atoms with Gasteiger partial charge in [-0.25, -0.2) is 9.52 Å². The standard InChI is InChI=1S/C19H33N3O3S/c1-7-8-10-15(6)21-26(24,25)22-19(23)20-18-16(13(2)3)11-9-12-17(18)14(4)5/h9,11-15,21H,7-8,10H2,1-6H3,(H2,20,22,23). The van der Waals surface area contributed by atoms with Gasteiger partial charge in [-0.3, -0.25) is 0 Å². The van der Waals surface area contributed by atoms with Crippen molar-refractivity contribution >= 4 is 21.9 Å². The molecule has 0 aliphatic heterocycles. The summed E-state index contributed by atoms with van der Waals surface area (Å²) in [6.45, 7) is 12.0. The molecule has 0 radical (unpaired) electrons. The van der Waals surface area contributed by atoms with Crippen LogP contribution in [-0.2, 0) is 10.2 Å². The maximum absolute atomic E-state index is 12.3. The first kappa shape index (κ1) is 22.4. The summed E-state index contributed by atoms with van der Waals surface area (Å²) >= 11 is 0. The maximum Gasteiger partial charge on any atom is 0.333 e. The Morgan fingerprint density at radius 1 is 1.04 bits per heavy atom. The second-order valence-corrected chi connectivity index (χ2v) is 8.79. The van der Waals surface area contributed by atoms with E-state index in [1.807, 2.05) is 52.8 Å². The van der Waals surface area contributed by atoms with E-state index in [9.17, 15) is 13.2 Å². The van der Waals surface area contributed by atoms with Crippen LogP contribution in [0.5, 0.6) is 0 Å². The van der Waals surface area contributed by atoms with Gasteiger partial charge in [0.25, 0.3) is 0 Å². The van der Waals surface area contributed by atoms with E-state index in [-0.39, 0.29) is 17.9 Å². The van der Waals surface area contributed by atoms with Crippen LogP contribution in [0.1, 0.15) is 83.8 Å². The molecule has 0 bridgehead atoms. The van der Waals surface area contributed by atoms with Crippen LogP contribution in [-0.4, -0.2) is 20.5 Å². The molecule has 0 aliphatic carbocycles. The first-order valence-electron chi connectivity index (χ1n) is 9.31. The summed E-state index contributed by atoms with van der Waals surface area (Å²) in [5.41, 5.74) is 2.64. The molecule has 3 N–H and O–H groups in total. The van der Waals surface area contributed by atoms with E-state index < -0.39 is 16.2 Å². The number of carbonyl (C=O) groups is 1. The smallest absolute Gasteiger partial charge is 0.307 e. The van der Waals surface area contributed by atoms with Crippen molar-refractivity contribution in [1.82, 2.24) is 9.44 Å². The lowest BCUT2D eigenvalue weighted by Gasteiger charge is -2.21. The molecular weight excluding hydrogens is 350 g/mol. The Balaban J connectivity index is 2.91. The van der Waals surface area contributed by atoms with Crippen LogP contribution in [0.4, 0.5) is 10.5 Å². The number of hydrogen-bond acceptors (Lipinski definition) is 3. The fourth-order valence-electron chi connectivity index (χ4n) is 2.82. The molecule has 26 heavy (non-hydrogen) atoms. The van der Waals surface area contributed by atoms with Crippen molar-refractivity contribution in [3.05, 3.63) is 29.3 Å². The molecule has 1 aromatic rings. The third kappa shape index (κ3) is 6.96. The minimum atomic E-state index is -3.91. The largest absolute Gasteiger partial charge is 0.333 e. The van der Waals surface area contributed by atoms with Crippen LogP contribution in [0.25, 0.3) is 0 Å². The van der Waals surface area contributed by atoms with Crippen LogP contribution in [0, 0.1) is 0 Å². The SMILES string of the molecule is CCCCC(C)NS(=O)(=O)NC(=O)Nc1c(C(C)C)cccc1C(C)C. The molecule has 0 fully saturated rings. The number of urea groups is 1. The molecule has 7 heteroatoms. The normalized spacial score (nSPS) is 13.1. The van der Waals surface area contributed by atoms with Gasteiger partial charge in [-0.1, -0.05) is 65.7 Å².